The number of nitrogens with zero attached hydrogens (tertiary/aromatic N) is 2. The van der Waals surface area contributed by atoms with E-state index in [1.807, 2.05) is 0 Å². The minimum atomic E-state index is -0.675. The van der Waals surface area contributed by atoms with Gasteiger partial charge in [-0.3, -0.25) is 14.3 Å². The van der Waals surface area contributed by atoms with Gasteiger partial charge in [-0.15, -0.1) is 0 Å². The number of rotatable bonds is 6. The molecule has 0 aliphatic carbocycles. The molecule has 0 radical (unpaired) electrons. The summed E-state index contributed by atoms with van der Waals surface area (Å²) in [6.07, 6.45) is 3.04. The van der Waals surface area contributed by atoms with Gasteiger partial charge in [-0.25, -0.2) is 9.07 Å². The third-order valence-electron chi connectivity index (χ3n) is 4.45. The molecule has 0 atom stereocenters. The van der Waals surface area contributed by atoms with E-state index in [0.29, 0.717) is 13.1 Å². The number of benzene rings is 1. The summed E-state index contributed by atoms with van der Waals surface area (Å²) in [4.78, 5) is 24.0. The van der Waals surface area contributed by atoms with Crippen molar-refractivity contribution in [2.24, 2.45) is 0 Å². The van der Waals surface area contributed by atoms with Gasteiger partial charge >= 0.3 is 0 Å². The average Bonchev–Trinajstić information content (AvgIpc) is 2.91. The Bertz CT molecular complexity index is 1010. The van der Waals surface area contributed by atoms with E-state index in [4.69, 9.17) is 32.7 Å². The molecule has 0 saturated heterocycles. The Morgan fingerprint density at radius 1 is 1.25 bits per heavy atom. The van der Waals surface area contributed by atoms with Gasteiger partial charge in [0.15, 0.2) is 5.78 Å². The first-order valence-electron chi connectivity index (χ1n) is 8.70. The van der Waals surface area contributed by atoms with E-state index in [1.54, 1.807) is 4.68 Å². The Labute approximate surface area is 171 Å². The van der Waals surface area contributed by atoms with Crippen LogP contribution >= 0.6 is 23.2 Å². The molecule has 9 heteroatoms. The quantitative estimate of drug-likeness (QED) is 0.514. The summed E-state index contributed by atoms with van der Waals surface area (Å²) >= 11 is 12.5. The van der Waals surface area contributed by atoms with Crippen molar-refractivity contribution in [2.75, 3.05) is 13.7 Å². The molecule has 0 amide bonds. The van der Waals surface area contributed by atoms with Crippen molar-refractivity contribution < 1.29 is 18.7 Å². The first kappa shape index (κ1) is 20.5. The molecule has 28 heavy (non-hydrogen) atoms. The molecule has 1 aliphatic heterocycles. The van der Waals surface area contributed by atoms with Crippen LogP contribution in [0.2, 0.25) is 10.2 Å². The van der Waals surface area contributed by atoms with Gasteiger partial charge in [0.05, 0.1) is 17.7 Å². The van der Waals surface area contributed by atoms with Crippen molar-refractivity contribution in [3.63, 3.8) is 0 Å². The second kappa shape index (κ2) is 8.41. The lowest BCUT2D eigenvalue weighted by atomic mass is 10.1. The predicted octanol–water partition coefficient (Wildman–Crippen LogP) is 4.05. The minimum Gasteiger partial charge on any atom is -0.497 e. The number of aromatic nitrogens is 2. The van der Waals surface area contributed by atoms with Crippen LogP contribution in [0.15, 0.2) is 28.8 Å². The van der Waals surface area contributed by atoms with Crippen LogP contribution in [0.25, 0.3) is 11.1 Å². The number of hydrogen-bond acceptors (Lipinski definition) is 4. The SMILES string of the molecule is CO/C(=C/C(C)=O)COc1cc(-c2c(Cl)n3n(c2=O)CCCC3)c(F)cc1Cl. The topological polar surface area (TPSA) is 62.5 Å². The summed E-state index contributed by atoms with van der Waals surface area (Å²) < 4.78 is 28.5. The van der Waals surface area contributed by atoms with E-state index in [-0.39, 0.29) is 50.8 Å². The second-order valence-electron chi connectivity index (χ2n) is 6.40. The zero-order valence-electron chi connectivity index (χ0n) is 15.4. The van der Waals surface area contributed by atoms with E-state index >= 15 is 0 Å². The van der Waals surface area contributed by atoms with Crippen molar-refractivity contribution in [1.29, 1.82) is 0 Å². The van der Waals surface area contributed by atoms with Gasteiger partial charge in [0.25, 0.3) is 5.56 Å². The number of carbonyl (C=O) groups is 1. The van der Waals surface area contributed by atoms with Gasteiger partial charge in [-0.05, 0) is 31.9 Å². The van der Waals surface area contributed by atoms with E-state index in [2.05, 4.69) is 0 Å². The maximum Gasteiger partial charge on any atom is 0.276 e. The van der Waals surface area contributed by atoms with Crippen LogP contribution in [0.1, 0.15) is 19.8 Å². The van der Waals surface area contributed by atoms with Crippen molar-refractivity contribution >= 4 is 29.0 Å². The fraction of sp³-hybridized carbons (Fsp3) is 0.368. The molecule has 0 unspecified atom stereocenters. The number of hydrogen-bond donors (Lipinski definition) is 0. The highest BCUT2D eigenvalue weighted by Gasteiger charge is 2.25. The molecule has 0 fully saturated rings. The molecule has 2 aromatic rings. The Kier molecular flexibility index (Phi) is 6.15. The standard InChI is InChI=1S/C19H19Cl2FN2O4/c1-11(25)7-12(27-2)10-28-16-8-13(15(22)9-14(16)20)17-18(21)23-5-3-4-6-24(23)19(17)26/h7-9H,3-6,10H2,1-2H3/b12-7+. The van der Waals surface area contributed by atoms with Crippen molar-refractivity contribution in [3.05, 3.63) is 50.3 Å². The molecule has 1 aromatic heterocycles. The highest BCUT2D eigenvalue weighted by atomic mass is 35.5. The molecule has 0 spiro atoms. The van der Waals surface area contributed by atoms with E-state index in [9.17, 15) is 14.0 Å². The Morgan fingerprint density at radius 3 is 2.54 bits per heavy atom. The summed E-state index contributed by atoms with van der Waals surface area (Å²) in [6.45, 7) is 2.43. The van der Waals surface area contributed by atoms with Crippen LogP contribution in [-0.2, 0) is 22.6 Å². The molecule has 150 valence electrons. The number of halogens is 3. The largest absolute Gasteiger partial charge is 0.497 e. The zero-order chi connectivity index (χ0) is 20.4. The summed E-state index contributed by atoms with van der Waals surface area (Å²) in [5, 5.41) is 0.214. The van der Waals surface area contributed by atoms with Gasteiger partial charge in [-0.1, -0.05) is 23.2 Å². The third-order valence-corrected chi connectivity index (χ3v) is 5.13. The summed E-state index contributed by atoms with van der Waals surface area (Å²) in [5.41, 5.74) is -0.266. The van der Waals surface area contributed by atoms with Gasteiger partial charge in [0, 0.05) is 24.7 Å². The van der Waals surface area contributed by atoms with Crippen molar-refractivity contribution in [1.82, 2.24) is 9.36 Å². The van der Waals surface area contributed by atoms with Crippen LogP contribution in [-0.4, -0.2) is 28.9 Å². The number of ketones is 1. The molecular weight excluding hydrogens is 410 g/mol. The molecule has 0 bridgehead atoms. The third kappa shape index (κ3) is 3.95. The van der Waals surface area contributed by atoms with Crippen molar-refractivity contribution in [2.45, 2.75) is 32.9 Å². The fourth-order valence-electron chi connectivity index (χ4n) is 3.12. The highest BCUT2D eigenvalue weighted by molar-refractivity contribution is 6.33. The number of carbonyl (C=O) groups excluding carboxylic acids is 1. The average molecular weight is 429 g/mol. The second-order valence-corrected chi connectivity index (χ2v) is 7.17. The Morgan fingerprint density at radius 2 is 1.93 bits per heavy atom. The van der Waals surface area contributed by atoms with Gasteiger partial charge < -0.3 is 9.47 Å². The Hall–Kier alpha value is -2.25. The maximum absolute atomic E-state index is 14.6. The number of fused-ring (bicyclic) bond motifs is 1. The number of allylic oxidation sites excluding steroid dienone is 1. The smallest absolute Gasteiger partial charge is 0.276 e. The van der Waals surface area contributed by atoms with Gasteiger partial charge in [0.2, 0.25) is 0 Å². The lowest BCUT2D eigenvalue weighted by molar-refractivity contribution is -0.112. The number of methoxy groups -OCH3 is 1. The minimum absolute atomic E-state index is 0.0123. The monoisotopic (exact) mass is 428 g/mol. The summed E-state index contributed by atoms with van der Waals surface area (Å²) in [5.74, 6) is -0.447. The summed E-state index contributed by atoms with van der Waals surface area (Å²) in [6, 6.07) is 2.42. The molecule has 0 saturated carbocycles. The summed E-state index contributed by atoms with van der Waals surface area (Å²) in [7, 11) is 1.41. The first-order chi connectivity index (χ1) is 13.3. The molecule has 1 aromatic carbocycles. The molecule has 6 nitrogen and oxygen atoms in total. The van der Waals surface area contributed by atoms with E-state index < -0.39 is 5.82 Å². The molecule has 1 aliphatic rings. The zero-order valence-corrected chi connectivity index (χ0v) is 16.9. The molecule has 3 rings (SSSR count). The van der Waals surface area contributed by atoms with Crippen molar-refractivity contribution in [3.8, 4) is 16.9 Å². The Balaban J connectivity index is 2.00. The molecule has 0 N–H and O–H groups in total. The van der Waals surface area contributed by atoms with E-state index in [0.717, 1.165) is 18.9 Å². The lowest BCUT2D eigenvalue weighted by Crippen LogP contribution is -2.27. The van der Waals surface area contributed by atoms with Crippen LogP contribution in [0, 0.1) is 5.82 Å². The normalized spacial score (nSPS) is 14.0. The van der Waals surface area contributed by atoms with E-state index in [1.165, 1.54) is 30.9 Å². The highest BCUT2D eigenvalue weighted by Crippen LogP contribution is 2.36. The van der Waals surface area contributed by atoms with Crippen LogP contribution in [0.4, 0.5) is 4.39 Å². The van der Waals surface area contributed by atoms with Crippen LogP contribution < -0.4 is 10.3 Å². The van der Waals surface area contributed by atoms with Gasteiger partial charge in [0.1, 0.15) is 29.1 Å². The predicted molar refractivity (Wildman–Crippen MR) is 105 cm³/mol. The maximum atomic E-state index is 14.6. The van der Waals surface area contributed by atoms with Crippen LogP contribution in [0.5, 0.6) is 5.75 Å². The number of ether oxygens (including phenoxy) is 2. The van der Waals surface area contributed by atoms with Gasteiger partial charge in [-0.2, -0.15) is 0 Å². The molecular formula is C19H19Cl2FN2O4. The lowest BCUT2D eigenvalue weighted by Gasteiger charge is -2.17. The van der Waals surface area contributed by atoms with Crippen LogP contribution in [0.3, 0.4) is 0 Å². The first-order valence-corrected chi connectivity index (χ1v) is 9.45. The fourth-order valence-corrected chi connectivity index (χ4v) is 3.68. The molecule has 2 heterocycles.